The maximum atomic E-state index is 14.0. The number of benzene rings is 3. The number of rotatable bonds is 2. The molecular weight excluding hydrogens is 306 g/mol. The lowest BCUT2D eigenvalue weighted by molar-refractivity contribution is 0.103. The number of carbonyl (C=O) groups excluding carboxylic acids is 1. The van der Waals surface area contributed by atoms with Gasteiger partial charge in [-0.05, 0) is 54.6 Å². The van der Waals surface area contributed by atoms with Crippen LogP contribution >= 0.6 is 0 Å². The quantitative estimate of drug-likeness (QED) is 0.499. The van der Waals surface area contributed by atoms with Gasteiger partial charge in [0, 0.05) is 16.7 Å². The summed E-state index contributed by atoms with van der Waals surface area (Å²) < 4.78 is 27.0. The number of hydrogen-bond acceptors (Lipinski definition) is 1. The Bertz CT molecular complexity index is 933. The number of carbonyl (C=O) groups is 1. The second kappa shape index (κ2) is 6.89. The molecule has 0 amide bonds. The lowest BCUT2D eigenvalue weighted by Crippen LogP contribution is -2.04. The van der Waals surface area contributed by atoms with E-state index in [9.17, 15) is 13.6 Å². The first-order valence-corrected chi connectivity index (χ1v) is 7.30. The van der Waals surface area contributed by atoms with Crippen LogP contribution in [0.2, 0.25) is 0 Å². The van der Waals surface area contributed by atoms with Gasteiger partial charge in [-0.2, -0.15) is 0 Å². The molecule has 1 nitrogen and oxygen atoms in total. The normalized spacial score (nSPS) is 9.92. The van der Waals surface area contributed by atoms with Crippen LogP contribution in [-0.2, 0) is 0 Å². The molecule has 3 aromatic carbocycles. The van der Waals surface area contributed by atoms with Crippen molar-refractivity contribution in [3.63, 3.8) is 0 Å². The van der Waals surface area contributed by atoms with Crippen molar-refractivity contribution in [3.05, 3.63) is 107 Å². The molecule has 0 atom stereocenters. The Morgan fingerprint density at radius 1 is 0.750 bits per heavy atom. The van der Waals surface area contributed by atoms with Gasteiger partial charge in [0.05, 0.1) is 5.56 Å². The summed E-state index contributed by atoms with van der Waals surface area (Å²) in [6, 6.07) is 18.5. The molecule has 24 heavy (non-hydrogen) atoms. The summed E-state index contributed by atoms with van der Waals surface area (Å²) in [4.78, 5) is 12.4. The van der Waals surface area contributed by atoms with Gasteiger partial charge in [0.25, 0.3) is 0 Å². The van der Waals surface area contributed by atoms with E-state index < -0.39 is 17.4 Å². The molecule has 0 N–H and O–H groups in total. The van der Waals surface area contributed by atoms with Crippen LogP contribution in [0.25, 0.3) is 0 Å². The summed E-state index contributed by atoms with van der Waals surface area (Å²) >= 11 is 0. The minimum atomic E-state index is -0.630. The van der Waals surface area contributed by atoms with E-state index in [1.165, 1.54) is 42.5 Å². The van der Waals surface area contributed by atoms with Crippen molar-refractivity contribution in [2.45, 2.75) is 0 Å². The van der Waals surface area contributed by atoms with Crippen molar-refractivity contribution in [1.29, 1.82) is 0 Å². The molecular formula is C21H12F2O. The number of hydrogen-bond donors (Lipinski definition) is 0. The summed E-state index contributed by atoms with van der Waals surface area (Å²) in [5.74, 6) is 4.29. The Kier molecular flexibility index (Phi) is 4.49. The molecule has 0 fully saturated rings. The molecule has 0 radical (unpaired) electrons. The predicted molar refractivity (Wildman–Crippen MR) is 88.7 cm³/mol. The molecule has 0 spiro atoms. The van der Waals surface area contributed by atoms with Gasteiger partial charge in [0.15, 0.2) is 5.78 Å². The minimum Gasteiger partial charge on any atom is -0.288 e. The van der Waals surface area contributed by atoms with E-state index in [1.807, 2.05) is 30.3 Å². The lowest BCUT2D eigenvalue weighted by atomic mass is 10.0. The second-order valence-electron chi connectivity index (χ2n) is 5.15. The first-order chi connectivity index (χ1) is 11.6. The van der Waals surface area contributed by atoms with Gasteiger partial charge in [-0.1, -0.05) is 30.0 Å². The van der Waals surface area contributed by atoms with E-state index >= 15 is 0 Å². The smallest absolute Gasteiger partial charge is 0.196 e. The van der Waals surface area contributed by atoms with Crippen LogP contribution < -0.4 is 0 Å². The van der Waals surface area contributed by atoms with E-state index in [2.05, 4.69) is 11.8 Å². The van der Waals surface area contributed by atoms with Crippen molar-refractivity contribution in [2.24, 2.45) is 0 Å². The zero-order chi connectivity index (χ0) is 16.9. The van der Waals surface area contributed by atoms with Gasteiger partial charge in [-0.15, -0.1) is 0 Å². The van der Waals surface area contributed by atoms with Crippen molar-refractivity contribution in [2.75, 3.05) is 0 Å². The molecule has 0 saturated heterocycles. The zero-order valence-corrected chi connectivity index (χ0v) is 12.6. The Hall–Kier alpha value is -3.25. The highest BCUT2D eigenvalue weighted by Gasteiger charge is 2.14. The van der Waals surface area contributed by atoms with Crippen molar-refractivity contribution in [1.82, 2.24) is 0 Å². The average molecular weight is 318 g/mol. The standard InChI is InChI=1S/C21H12F2O/c22-18-11-9-17(10-12-18)21(24)19-14-16(8-13-20(19)23)7-6-15-4-2-1-3-5-15/h1-5,8-14H. The van der Waals surface area contributed by atoms with Crippen LogP contribution in [0, 0.1) is 23.5 Å². The molecule has 0 heterocycles. The van der Waals surface area contributed by atoms with Crippen molar-refractivity contribution < 1.29 is 13.6 Å². The number of halogens is 2. The first kappa shape index (κ1) is 15.6. The largest absolute Gasteiger partial charge is 0.288 e. The molecule has 0 bridgehead atoms. The van der Waals surface area contributed by atoms with Crippen LogP contribution in [0.3, 0.4) is 0 Å². The molecule has 3 aromatic rings. The van der Waals surface area contributed by atoms with Gasteiger partial charge in [-0.25, -0.2) is 8.78 Å². The SMILES string of the molecule is O=C(c1ccc(F)cc1)c1cc(C#Cc2ccccc2)ccc1F. The van der Waals surface area contributed by atoms with E-state index in [1.54, 1.807) is 0 Å². The zero-order valence-electron chi connectivity index (χ0n) is 12.6. The number of ketones is 1. The fraction of sp³-hybridized carbons (Fsp3) is 0. The Morgan fingerprint density at radius 3 is 2.12 bits per heavy atom. The summed E-state index contributed by atoms with van der Waals surface area (Å²) in [5.41, 5.74) is 1.50. The van der Waals surface area contributed by atoms with Crippen LogP contribution in [0.15, 0.2) is 72.8 Å². The fourth-order valence-electron chi connectivity index (χ4n) is 2.20. The third-order valence-electron chi connectivity index (χ3n) is 3.44. The second-order valence-corrected chi connectivity index (χ2v) is 5.15. The van der Waals surface area contributed by atoms with Crippen LogP contribution in [-0.4, -0.2) is 5.78 Å². The highest BCUT2D eigenvalue weighted by Crippen LogP contribution is 2.16. The summed E-state index contributed by atoms with van der Waals surface area (Å²) in [6.07, 6.45) is 0. The molecule has 116 valence electrons. The molecule has 0 aliphatic rings. The first-order valence-electron chi connectivity index (χ1n) is 7.30. The van der Waals surface area contributed by atoms with Crippen LogP contribution in [0.4, 0.5) is 8.78 Å². The van der Waals surface area contributed by atoms with Gasteiger partial charge in [0.2, 0.25) is 0 Å². The topological polar surface area (TPSA) is 17.1 Å². The van der Waals surface area contributed by atoms with Crippen LogP contribution in [0.1, 0.15) is 27.0 Å². The maximum Gasteiger partial charge on any atom is 0.196 e. The van der Waals surface area contributed by atoms with Crippen LogP contribution in [0.5, 0.6) is 0 Å². The highest BCUT2D eigenvalue weighted by molar-refractivity contribution is 6.09. The molecule has 3 rings (SSSR count). The Balaban J connectivity index is 1.93. The van der Waals surface area contributed by atoms with Crippen molar-refractivity contribution in [3.8, 4) is 11.8 Å². The van der Waals surface area contributed by atoms with Gasteiger partial charge in [-0.3, -0.25) is 4.79 Å². The highest BCUT2D eigenvalue weighted by atomic mass is 19.1. The molecule has 0 saturated carbocycles. The molecule has 0 unspecified atom stereocenters. The predicted octanol–water partition coefficient (Wildman–Crippen LogP) is 4.60. The Morgan fingerprint density at radius 2 is 1.42 bits per heavy atom. The van der Waals surface area contributed by atoms with Crippen molar-refractivity contribution >= 4 is 5.78 Å². The lowest BCUT2D eigenvalue weighted by Gasteiger charge is -2.04. The fourth-order valence-corrected chi connectivity index (χ4v) is 2.20. The maximum absolute atomic E-state index is 14.0. The molecule has 0 aliphatic carbocycles. The molecule has 3 heteroatoms. The van der Waals surface area contributed by atoms with Gasteiger partial charge in [0.1, 0.15) is 11.6 Å². The summed E-state index contributed by atoms with van der Waals surface area (Å²) in [5, 5.41) is 0. The van der Waals surface area contributed by atoms with Gasteiger partial charge < -0.3 is 0 Å². The third-order valence-corrected chi connectivity index (χ3v) is 3.44. The summed E-state index contributed by atoms with van der Waals surface area (Å²) in [7, 11) is 0. The molecule has 0 aliphatic heterocycles. The Labute approximate surface area is 138 Å². The van der Waals surface area contributed by atoms with E-state index in [-0.39, 0.29) is 11.1 Å². The summed E-state index contributed by atoms with van der Waals surface area (Å²) in [6.45, 7) is 0. The van der Waals surface area contributed by atoms with E-state index in [4.69, 9.17) is 0 Å². The minimum absolute atomic E-state index is 0.0820. The third kappa shape index (κ3) is 3.56. The van der Waals surface area contributed by atoms with Gasteiger partial charge >= 0.3 is 0 Å². The molecule has 0 aromatic heterocycles. The van der Waals surface area contributed by atoms with E-state index in [0.717, 1.165) is 5.56 Å². The monoisotopic (exact) mass is 318 g/mol. The average Bonchev–Trinajstić information content (AvgIpc) is 2.62. The van der Waals surface area contributed by atoms with E-state index in [0.29, 0.717) is 5.56 Å².